The summed E-state index contributed by atoms with van der Waals surface area (Å²) in [6, 6.07) is 7.41. The van der Waals surface area contributed by atoms with Crippen LogP contribution in [0.2, 0.25) is 0 Å². The number of nitrogens with one attached hydrogen (secondary N) is 1. The lowest BCUT2D eigenvalue weighted by Crippen LogP contribution is -2.35. The Hall–Kier alpha value is -1.85. The van der Waals surface area contributed by atoms with Gasteiger partial charge in [-0.3, -0.25) is 4.79 Å². The van der Waals surface area contributed by atoms with Crippen LogP contribution in [0.25, 0.3) is 11.0 Å². The Morgan fingerprint density at radius 3 is 3.00 bits per heavy atom. The second-order valence-electron chi connectivity index (χ2n) is 4.25. The molecule has 4 N–H and O–H groups in total. The van der Waals surface area contributed by atoms with Crippen LogP contribution in [0.1, 0.15) is 12.0 Å². The zero-order valence-electron chi connectivity index (χ0n) is 9.93. The summed E-state index contributed by atoms with van der Waals surface area (Å²) in [5.74, 6) is -0.877. The molecule has 0 saturated carbocycles. The van der Waals surface area contributed by atoms with Crippen LogP contribution in [-0.4, -0.2) is 23.7 Å². The van der Waals surface area contributed by atoms with Crippen molar-refractivity contribution in [1.82, 2.24) is 5.32 Å². The maximum atomic E-state index is 10.5. The van der Waals surface area contributed by atoms with Gasteiger partial charge in [-0.25, -0.2) is 0 Å². The Morgan fingerprint density at radius 2 is 2.22 bits per heavy atom. The second-order valence-corrected chi connectivity index (χ2v) is 4.25. The van der Waals surface area contributed by atoms with E-state index in [-0.39, 0.29) is 12.5 Å². The standard InChI is InChI=1S/C13H16N2O3/c14-10(5-13(16)17)7-15-6-9-8-18-12-4-2-1-3-11(9)12/h1-4,8,10,15H,5-7,14H2,(H,16,17). The van der Waals surface area contributed by atoms with Gasteiger partial charge in [0.25, 0.3) is 0 Å². The van der Waals surface area contributed by atoms with Crippen LogP contribution in [0.5, 0.6) is 0 Å². The molecule has 2 aromatic rings. The molecule has 1 aromatic carbocycles. The molecule has 0 radical (unpaired) electrons. The van der Waals surface area contributed by atoms with Crippen LogP contribution in [0.15, 0.2) is 34.9 Å². The molecule has 0 aliphatic carbocycles. The highest BCUT2D eigenvalue weighted by molar-refractivity contribution is 5.80. The van der Waals surface area contributed by atoms with E-state index in [9.17, 15) is 4.79 Å². The van der Waals surface area contributed by atoms with Crippen LogP contribution < -0.4 is 11.1 Å². The van der Waals surface area contributed by atoms with E-state index >= 15 is 0 Å². The van der Waals surface area contributed by atoms with Crippen molar-refractivity contribution >= 4 is 16.9 Å². The van der Waals surface area contributed by atoms with Gasteiger partial charge < -0.3 is 20.6 Å². The van der Waals surface area contributed by atoms with Gasteiger partial charge in [0, 0.05) is 30.1 Å². The fourth-order valence-electron chi connectivity index (χ4n) is 1.86. The summed E-state index contributed by atoms with van der Waals surface area (Å²) in [6.07, 6.45) is 1.68. The van der Waals surface area contributed by atoms with E-state index in [4.69, 9.17) is 15.3 Å². The lowest BCUT2D eigenvalue weighted by Gasteiger charge is -2.09. The Bertz CT molecular complexity index is 536. The molecule has 2 rings (SSSR count). The highest BCUT2D eigenvalue weighted by atomic mass is 16.4. The number of nitrogens with two attached hydrogens (primary N) is 1. The number of carbonyl (C=O) groups is 1. The first-order valence-corrected chi connectivity index (χ1v) is 5.80. The van der Waals surface area contributed by atoms with E-state index in [1.807, 2.05) is 24.3 Å². The molecule has 0 bridgehead atoms. The smallest absolute Gasteiger partial charge is 0.304 e. The van der Waals surface area contributed by atoms with Gasteiger partial charge in [-0.2, -0.15) is 0 Å². The topological polar surface area (TPSA) is 88.5 Å². The Balaban J connectivity index is 1.89. The fraction of sp³-hybridized carbons (Fsp3) is 0.308. The van der Waals surface area contributed by atoms with Crippen LogP contribution in [-0.2, 0) is 11.3 Å². The second kappa shape index (κ2) is 5.66. The van der Waals surface area contributed by atoms with E-state index in [1.54, 1.807) is 6.26 Å². The van der Waals surface area contributed by atoms with Crippen molar-refractivity contribution in [2.24, 2.45) is 5.73 Å². The minimum atomic E-state index is -0.877. The third kappa shape index (κ3) is 3.09. The van der Waals surface area contributed by atoms with Gasteiger partial charge in [-0.1, -0.05) is 18.2 Å². The number of hydrogen-bond acceptors (Lipinski definition) is 4. The van der Waals surface area contributed by atoms with E-state index in [0.717, 1.165) is 16.5 Å². The number of furan rings is 1. The summed E-state index contributed by atoms with van der Waals surface area (Å²) in [4.78, 5) is 10.5. The maximum absolute atomic E-state index is 10.5. The highest BCUT2D eigenvalue weighted by Crippen LogP contribution is 2.20. The first kappa shape index (κ1) is 12.6. The van der Waals surface area contributed by atoms with Crippen molar-refractivity contribution in [3.8, 4) is 0 Å². The van der Waals surface area contributed by atoms with Crippen LogP contribution in [0.4, 0.5) is 0 Å². The van der Waals surface area contributed by atoms with Crippen LogP contribution in [0, 0.1) is 0 Å². The third-order valence-electron chi connectivity index (χ3n) is 2.72. The summed E-state index contributed by atoms with van der Waals surface area (Å²) in [6.45, 7) is 1.08. The molecule has 18 heavy (non-hydrogen) atoms. The molecule has 1 aromatic heterocycles. The number of hydrogen-bond donors (Lipinski definition) is 3. The van der Waals surface area contributed by atoms with Gasteiger partial charge in [-0.15, -0.1) is 0 Å². The van der Waals surface area contributed by atoms with Gasteiger partial charge in [0.1, 0.15) is 5.58 Å². The minimum Gasteiger partial charge on any atom is -0.481 e. The molecule has 0 spiro atoms. The third-order valence-corrected chi connectivity index (χ3v) is 2.72. The Labute approximate surface area is 105 Å². The van der Waals surface area contributed by atoms with Crippen LogP contribution >= 0.6 is 0 Å². The number of carboxylic acid groups (broad SMARTS) is 1. The first-order chi connectivity index (χ1) is 8.66. The van der Waals surface area contributed by atoms with Crippen molar-refractivity contribution in [3.63, 3.8) is 0 Å². The van der Waals surface area contributed by atoms with Crippen molar-refractivity contribution in [3.05, 3.63) is 36.1 Å². The Morgan fingerprint density at radius 1 is 1.44 bits per heavy atom. The Kier molecular flexibility index (Phi) is 3.96. The highest BCUT2D eigenvalue weighted by Gasteiger charge is 2.08. The summed E-state index contributed by atoms with van der Waals surface area (Å²) in [5, 5.41) is 12.8. The van der Waals surface area contributed by atoms with Crippen molar-refractivity contribution in [1.29, 1.82) is 0 Å². The first-order valence-electron chi connectivity index (χ1n) is 5.80. The molecule has 1 heterocycles. The zero-order valence-corrected chi connectivity index (χ0v) is 9.93. The predicted octanol–water partition coefficient (Wildman–Crippen LogP) is 1.32. The summed E-state index contributed by atoms with van der Waals surface area (Å²) < 4.78 is 5.41. The molecule has 5 heteroatoms. The molecule has 5 nitrogen and oxygen atoms in total. The number of aliphatic carboxylic acids is 1. The molecule has 0 aliphatic rings. The van der Waals surface area contributed by atoms with Gasteiger partial charge in [0.15, 0.2) is 0 Å². The summed E-state index contributed by atoms with van der Waals surface area (Å²) in [7, 11) is 0. The number of para-hydroxylation sites is 1. The SMILES string of the molecule is NC(CNCc1coc2ccccc12)CC(=O)O. The van der Waals surface area contributed by atoms with Gasteiger partial charge in [-0.05, 0) is 6.07 Å². The molecule has 96 valence electrons. The quantitative estimate of drug-likeness (QED) is 0.717. The molecule has 0 amide bonds. The normalized spacial score (nSPS) is 12.7. The molecule has 0 aliphatic heterocycles. The fourth-order valence-corrected chi connectivity index (χ4v) is 1.86. The maximum Gasteiger partial charge on any atom is 0.304 e. The zero-order chi connectivity index (χ0) is 13.0. The number of rotatable bonds is 6. The average molecular weight is 248 g/mol. The number of fused-ring (bicyclic) bond motifs is 1. The number of carboxylic acids is 1. The summed E-state index contributed by atoms with van der Waals surface area (Å²) >= 11 is 0. The van der Waals surface area contributed by atoms with Crippen molar-refractivity contribution in [2.45, 2.75) is 19.0 Å². The average Bonchev–Trinajstić information content (AvgIpc) is 2.72. The number of benzene rings is 1. The van der Waals surface area contributed by atoms with E-state index < -0.39 is 5.97 Å². The molecular weight excluding hydrogens is 232 g/mol. The monoisotopic (exact) mass is 248 g/mol. The van der Waals surface area contributed by atoms with E-state index in [0.29, 0.717) is 13.1 Å². The molecule has 1 unspecified atom stereocenters. The predicted molar refractivity (Wildman–Crippen MR) is 68.1 cm³/mol. The molecule has 0 saturated heterocycles. The molecular formula is C13H16N2O3. The molecule has 0 fully saturated rings. The largest absolute Gasteiger partial charge is 0.481 e. The minimum absolute atomic E-state index is 0.0286. The van der Waals surface area contributed by atoms with Crippen molar-refractivity contribution < 1.29 is 14.3 Å². The van der Waals surface area contributed by atoms with Gasteiger partial charge in [0.05, 0.1) is 12.7 Å². The summed E-state index contributed by atoms with van der Waals surface area (Å²) in [5.41, 5.74) is 7.56. The van der Waals surface area contributed by atoms with Crippen molar-refractivity contribution in [2.75, 3.05) is 6.54 Å². The van der Waals surface area contributed by atoms with Crippen LogP contribution in [0.3, 0.4) is 0 Å². The van der Waals surface area contributed by atoms with E-state index in [2.05, 4.69) is 5.32 Å². The lowest BCUT2D eigenvalue weighted by molar-refractivity contribution is -0.137. The van der Waals surface area contributed by atoms with E-state index in [1.165, 1.54) is 0 Å². The van der Waals surface area contributed by atoms with Gasteiger partial charge in [0.2, 0.25) is 0 Å². The lowest BCUT2D eigenvalue weighted by atomic mass is 10.1. The molecule has 1 atom stereocenters. The van der Waals surface area contributed by atoms with Gasteiger partial charge >= 0.3 is 5.97 Å².